The number of nitrogens with two attached hydrogens (primary N) is 1. The van der Waals surface area contributed by atoms with E-state index >= 15 is 0 Å². The fraction of sp³-hybridized carbons (Fsp3) is 0.231. The number of H-pyrrole nitrogens is 1. The van der Waals surface area contributed by atoms with E-state index in [9.17, 15) is 4.79 Å². The fourth-order valence-electron chi connectivity index (χ4n) is 2.06. The van der Waals surface area contributed by atoms with Gasteiger partial charge in [-0.2, -0.15) is 5.10 Å². The van der Waals surface area contributed by atoms with Crippen LogP contribution in [0.4, 0.5) is 11.5 Å². The Morgan fingerprint density at radius 2 is 2.32 bits per heavy atom. The van der Waals surface area contributed by atoms with Crippen molar-refractivity contribution < 1.29 is 9.53 Å². The highest BCUT2D eigenvalue weighted by molar-refractivity contribution is 5.96. The molecular formula is C13H14N4O2. The molecule has 0 radical (unpaired) electrons. The first kappa shape index (κ1) is 11.6. The Morgan fingerprint density at radius 1 is 1.53 bits per heavy atom. The molecule has 0 aliphatic carbocycles. The first-order chi connectivity index (χ1) is 9.15. The number of rotatable bonds is 2. The minimum atomic E-state index is -0.534. The number of fused-ring (bicyclic) bond motifs is 1. The van der Waals surface area contributed by atoms with Crippen LogP contribution >= 0.6 is 0 Å². The molecule has 6 nitrogen and oxygen atoms in total. The molecule has 0 saturated carbocycles. The molecule has 1 aromatic carbocycles. The molecule has 1 amide bonds. The zero-order chi connectivity index (χ0) is 13.4. The first-order valence-corrected chi connectivity index (χ1v) is 6.01. The molecule has 0 spiro atoms. The van der Waals surface area contributed by atoms with Crippen molar-refractivity contribution in [1.29, 1.82) is 0 Å². The van der Waals surface area contributed by atoms with Crippen LogP contribution in [0.2, 0.25) is 0 Å². The number of ether oxygens (including phenoxy) is 1. The lowest BCUT2D eigenvalue weighted by molar-refractivity contribution is -0.122. The van der Waals surface area contributed by atoms with Crippen molar-refractivity contribution in [2.75, 3.05) is 11.1 Å². The van der Waals surface area contributed by atoms with Crippen molar-refractivity contribution in [3.8, 4) is 5.75 Å². The number of carbonyl (C=O) groups is 1. The van der Waals surface area contributed by atoms with Crippen molar-refractivity contribution in [1.82, 2.24) is 10.2 Å². The van der Waals surface area contributed by atoms with Crippen LogP contribution in [0.5, 0.6) is 5.75 Å². The second-order valence-corrected chi connectivity index (χ2v) is 4.52. The Hall–Kier alpha value is -2.50. The summed E-state index contributed by atoms with van der Waals surface area (Å²) in [5.41, 5.74) is 8.00. The molecular weight excluding hydrogens is 244 g/mol. The lowest BCUT2D eigenvalue weighted by atomic mass is 10.1. The Labute approximate surface area is 110 Å². The van der Waals surface area contributed by atoms with Crippen LogP contribution in [0.1, 0.15) is 11.3 Å². The molecule has 0 fully saturated rings. The normalized spacial score (nSPS) is 16.8. The second kappa shape index (κ2) is 4.31. The fourth-order valence-corrected chi connectivity index (χ4v) is 2.06. The van der Waals surface area contributed by atoms with Crippen molar-refractivity contribution in [3.05, 3.63) is 35.5 Å². The lowest BCUT2D eigenvalue weighted by Crippen LogP contribution is -2.31. The van der Waals surface area contributed by atoms with Gasteiger partial charge in [-0.15, -0.1) is 0 Å². The molecule has 0 bridgehead atoms. The molecule has 2 heterocycles. The number of nitrogens with one attached hydrogen (secondary N) is 2. The van der Waals surface area contributed by atoms with Crippen LogP contribution in [0.15, 0.2) is 24.3 Å². The molecule has 98 valence electrons. The Balaban J connectivity index is 1.72. The molecule has 0 saturated heterocycles. The van der Waals surface area contributed by atoms with Gasteiger partial charge in [0.05, 0.1) is 11.4 Å². The van der Waals surface area contributed by atoms with E-state index in [0.29, 0.717) is 17.9 Å². The van der Waals surface area contributed by atoms with Crippen LogP contribution in [0.3, 0.4) is 0 Å². The average molecular weight is 258 g/mol. The summed E-state index contributed by atoms with van der Waals surface area (Å²) in [7, 11) is 0. The third kappa shape index (κ3) is 2.01. The monoisotopic (exact) mass is 258 g/mol. The van der Waals surface area contributed by atoms with Gasteiger partial charge in [0, 0.05) is 6.42 Å². The number of hydrogen-bond donors (Lipinski definition) is 3. The number of nitrogen functional groups attached to an aromatic ring is 1. The van der Waals surface area contributed by atoms with Crippen molar-refractivity contribution in [2.45, 2.75) is 19.4 Å². The summed E-state index contributed by atoms with van der Waals surface area (Å²) in [6.07, 6.45) is 0.0273. The summed E-state index contributed by atoms with van der Waals surface area (Å²) in [6.45, 7) is 1.79. The van der Waals surface area contributed by atoms with E-state index in [2.05, 4.69) is 15.5 Å². The third-order valence-electron chi connectivity index (χ3n) is 3.18. The standard InChI is InChI=1S/C13H14N4O2/c1-7-11(14)12(17-16-7)15-13(18)10-6-8-4-2-3-5-9(8)19-10/h2-5,10H,6,14H2,1H3,(H2,15,16,17,18). The average Bonchev–Trinajstić information content (AvgIpc) is 2.97. The Morgan fingerprint density at radius 3 is 3.00 bits per heavy atom. The summed E-state index contributed by atoms with van der Waals surface area (Å²) in [5, 5.41) is 9.33. The number of aromatic amines is 1. The molecule has 4 N–H and O–H groups in total. The topological polar surface area (TPSA) is 93.0 Å². The van der Waals surface area contributed by atoms with E-state index < -0.39 is 6.10 Å². The van der Waals surface area contributed by atoms with Gasteiger partial charge >= 0.3 is 0 Å². The number of hydrogen-bond acceptors (Lipinski definition) is 4. The maximum atomic E-state index is 12.1. The largest absolute Gasteiger partial charge is 0.480 e. The van der Waals surface area contributed by atoms with Gasteiger partial charge in [-0.1, -0.05) is 18.2 Å². The molecule has 1 atom stereocenters. The number of benzene rings is 1. The van der Waals surface area contributed by atoms with E-state index in [4.69, 9.17) is 10.5 Å². The molecule has 1 aliphatic rings. The summed E-state index contributed by atoms with van der Waals surface area (Å²) in [4.78, 5) is 12.1. The minimum Gasteiger partial charge on any atom is -0.480 e. The van der Waals surface area contributed by atoms with E-state index in [1.54, 1.807) is 6.92 Å². The minimum absolute atomic E-state index is 0.241. The van der Waals surface area contributed by atoms with Crippen molar-refractivity contribution in [3.63, 3.8) is 0 Å². The van der Waals surface area contributed by atoms with Crippen molar-refractivity contribution in [2.24, 2.45) is 0 Å². The lowest BCUT2D eigenvalue weighted by Gasteiger charge is -2.10. The van der Waals surface area contributed by atoms with E-state index in [0.717, 1.165) is 17.0 Å². The van der Waals surface area contributed by atoms with Gasteiger partial charge in [0.15, 0.2) is 11.9 Å². The zero-order valence-electron chi connectivity index (χ0n) is 10.4. The SMILES string of the molecule is Cc1[nH]nc(NC(=O)C2Cc3ccccc3O2)c1N. The van der Waals surface area contributed by atoms with Gasteiger partial charge < -0.3 is 15.8 Å². The smallest absolute Gasteiger partial charge is 0.267 e. The molecule has 19 heavy (non-hydrogen) atoms. The highest BCUT2D eigenvalue weighted by atomic mass is 16.5. The van der Waals surface area contributed by atoms with Gasteiger partial charge in [-0.3, -0.25) is 9.89 Å². The van der Waals surface area contributed by atoms with Crippen molar-refractivity contribution >= 4 is 17.4 Å². The third-order valence-corrected chi connectivity index (χ3v) is 3.18. The Bertz CT molecular complexity index is 610. The van der Waals surface area contributed by atoms with Crippen LogP contribution < -0.4 is 15.8 Å². The predicted octanol–water partition coefficient (Wildman–Crippen LogP) is 1.24. The quantitative estimate of drug-likeness (QED) is 0.755. The molecule has 1 unspecified atom stereocenters. The van der Waals surface area contributed by atoms with Gasteiger partial charge in [-0.05, 0) is 18.6 Å². The van der Waals surface area contributed by atoms with Crippen LogP contribution in [0, 0.1) is 6.92 Å². The van der Waals surface area contributed by atoms with Gasteiger partial charge in [-0.25, -0.2) is 0 Å². The predicted molar refractivity (Wildman–Crippen MR) is 70.9 cm³/mol. The van der Waals surface area contributed by atoms with Crippen LogP contribution in [-0.4, -0.2) is 22.2 Å². The highest BCUT2D eigenvalue weighted by Crippen LogP contribution is 2.29. The maximum absolute atomic E-state index is 12.1. The van der Waals surface area contributed by atoms with Gasteiger partial charge in [0.1, 0.15) is 5.75 Å². The molecule has 2 aromatic rings. The second-order valence-electron chi connectivity index (χ2n) is 4.52. The zero-order valence-corrected chi connectivity index (χ0v) is 10.4. The summed E-state index contributed by atoms with van der Waals surface area (Å²) >= 11 is 0. The van der Waals surface area contributed by atoms with E-state index in [1.165, 1.54) is 0 Å². The summed E-state index contributed by atoms with van der Waals surface area (Å²) < 4.78 is 5.60. The van der Waals surface area contributed by atoms with Gasteiger partial charge in [0.2, 0.25) is 0 Å². The van der Waals surface area contributed by atoms with Crippen LogP contribution in [-0.2, 0) is 11.2 Å². The number of aromatic nitrogens is 2. The van der Waals surface area contributed by atoms with E-state index in [1.807, 2.05) is 24.3 Å². The van der Waals surface area contributed by atoms with Gasteiger partial charge in [0.25, 0.3) is 5.91 Å². The van der Waals surface area contributed by atoms with E-state index in [-0.39, 0.29) is 5.91 Å². The highest BCUT2D eigenvalue weighted by Gasteiger charge is 2.29. The number of para-hydroxylation sites is 1. The number of anilines is 2. The molecule has 3 rings (SSSR count). The summed E-state index contributed by atoms with van der Waals surface area (Å²) in [6, 6.07) is 7.62. The molecule has 1 aliphatic heterocycles. The number of aryl methyl sites for hydroxylation is 1. The number of nitrogens with zero attached hydrogens (tertiary/aromatic N) is 1. The number of amides is 1. The first-order valence-electron chi connectivity index (χ1n) is 6.01. The molecule has 1 aromatic heterocycles. The maximum Gasteiger partial charge on any atom is 0.267 e. The number of carbonyl (C=O) groups excluding carboxylic acids is 1. The molecule has 6 heteroatoms. The Kier molecular flexibility index (Phi) is 2.63. The van der Waals surface area contributed by atoms with Crippen LogP contribution in [0.25, 0.3) is 0 Å². The summed E-state index contributed by atoms with van der Waals surface area (Å²) in [5.74, 6) is 0.866.